The van der Waals surface area contributed by atoms with E-state index in [4.69, 9.17) is 5.73 Å². The third-order valence-corrected chi connectivity index (χ3v) is 2.82. The van der Waals surface area contributed by atoms with Crippen molar-refractivity contribution < 1.29 is 4.79 Å². The minimum atomic E-state index is 0.00680. The minimum absolute atomic E-state index is 0.00680. The third kappa shape index (κ3) is 6.12. The van der Waals surface area contributed by atoms with Crippen LogP contribution in [0.25, 0.3) is 0 Å². The van der Waals surface area contributed by atoms with Crippen molar-refractivity contribution in [2.45, 2.75) is 13.3 Å². The molecular weight excluding hydrogens is 264 g/mol. The van der Waals surface area contributed by atoms with Crippen LogP contribution < -0.4 is 11.1 Å². The molecule has 0 aliphatic rings. The van der Waals surface area contributed by atoms with Crippen LogP contribution in [-0.2, 0) is 6.42 Å². The van der Waals surface area contributed by atoms with Crippen molar-refractivity contribution in [1.29, 1.82) is 0 Å². The van der Waals surface area contributed by atoms with Crippen LogP contribution in [0.3, 0.4) is 0 Å². The number of nitrogens with two attached hydrogens (primary N) is 1. The fraction of sp³-hybridized carbons (Fsp3) is 0.375. The normalized spacial score (nSPS) is 11.1. The highest BCUT2D eigenvalue weighted by Gasteiger charge is 2.07. The molecule has 0 bridgehead atoms. The number of rotatable bonds is 6. The number of carbonyl (C=O) groups is 1. The second kappa shape index (κ2) is 8.09. The Kier molecular flexibility index (Phi) is 6.46. The number of benzene rings is 1. The van der Waals surface area contributed by atoms with Gasteiger partial charge in [0, 0.05) is 26.2 Å². The van der Waals surface area contributed by atoms with Gasteiger partial charge < -0.3 is 16.0 Å². The Labute approximate surface area is 126 Å². The summed E-state index contributed by atoms with van der Waals surface area (Å²) in [7, 11) is 3.49. The van der Waals surface area contributed by atoms with Gasteiger partial charge in [0.05, 0.1) is 6.54 Å². The third-order valence-electron chi connectivity index (χ3n) is 2.82. The zero-order valence-electron chi connectivity index (χ0n) is 13.0. The first-order valence-electron chi connectivity index (χ1n) is 6.89. The van der Waals surface area contributed by atoms with Crippen molar-refractivity contribution in [2.75, 3.05) is 27.2 Å². The summed E-state index contributed by atoms with van der Waals surface area (Å²) in [5.74, 6) is 0.422. The quantitative estimate of drug-likeness (QED) is 0.472. The molecule has 0 saturated carbocycles. The molecule has 0 saturated heterocycles. The van der Waals surface area contributed by atoms with Gasteiger partial charge in [-0.1, -0.05) is 24.3 Å². The van der Waals surface area contributed by atoms with E-state index in [-0.39, 0.29) is 5.91 Å². The molecule has 21 heavy (non-hydrogen) atoms. The molecule has 0 radical (unpaired) electrons. The number of amides is 1. The van der Waals surface area contributed by atoms with Crippen LogP contribution in [-0.4, -0.2) is 44.0 Å². The maximum atomic E-state index is 11.9. The topological polar surface area (TPSA) is 70.7 Å². The number of nitrogens with zero attached hydrogens (tertiary/aromatic N) is 2. The van der Waals surface area contributed by atoms with E-state index in [1.807, 2.05) is 31.2 Å². The van der Waals surface area contributed by atoms with Crippen molar-refractivity contribution in [3.8, 4) is 0 Å². The van der Waals surface area contributed by atoms with Gasteiger partial charge in [-0.05, 0) is 31.0 Å². The second-order valence-corrected chi connectivity index (χ2v) is 5.24. The summed E-state index contributed by atoms with van der Waals surface area (Å²) in [5, 5.41) is 3.05. The van der Waals surface area contributed by atoms with Crippen molar-refractivity contribution in [3.05, 3.63) is 47.5 Å². The summed E-state index contributed by atoms with van der Waals surface area (Å²) >= 11 is 0. The highest BCUT2D eigenvalue weighted by Crippen LogP contribution is 2.07. The molecule has 0 spiro atoms. The van der Waals surface area contributed by atoms with E-state index in [1.165, 1.54) is 0 Å². The Hall–Kier alpha value is -2.30. The number of carbonyl (C=O) groups excluding carboxylic acids is 1. The van der Waals surface area contributed by atoms with Crippen molar-refractivity contribution in [1.82, 2.24) is 10.2 Å². The van der Waals surface area contributed by atoms with Gasteiger partial charge in [0.1, 0.15) is 0 Å². The predicted molar refractivity (Wildman–Crippen MR) is 87.5 cm³/mol. The van der Waals surface area contributed by atoms with Crippen LogP contribution in [0.15, 0.2) is 41.4 Å². The highest BCUT2D eigenvalue weighted by molar-refractivity contribution is 5.94. The molecular formula is C16H24N4O. The molecule has 5 heteroatoms. The lowest BCUT2D eigenvalue weighted by Gasteiger charge is -2.11. The van der Waals surface area contributed by atoms with E-state index in [9.17, 15) is 4.79 Å². The van der Waals surface area contributed by atoms with E-state index >= 15 is 0 Å². The maximum Gasteiger partial charge on any atom is 0.253 e. The molecule has 1 rings (SSSR count). The van der Waals surface area contributed by atoms with Crippen LogP contribution >= 0.6 is 0 Å². The van der Waals surface area contributed by atoms with Crippen molar-refractivity contribution in [3.63, 3.8) is 0 Å². The van der Waals surface area contributed by atoms with Crippen molar-refractivity contribution in [2.24, 2.45) is 10.7 Å². The van der Waals surface area contributed by atoms with Crippen LogP contribution in [0.5, 0.6) is 0 Å². The van der Waals surface area contributed by atoms with Gasteiger partial charge in [0.25, 0.3) is 5.91 Å². The first-order chi connectivity index (χ1) is 9.90. The number of aliphatic imine (C=N–C) groups is 1. The molecule has 0 aliphatic carbocycles. The summed E-state index contributed by atoms with van der Waals surface area (Å²) in [5.41, 5.74) is 8.49. The predicted octanol–water partition coefficient (Wildman–Crippen LogP) is 1.41. The Balaban J connectivity index is 2.53. The fourth-order valence-corrected chi connectivity index (χ4v) is 1.73. The molecule has 5 nitrogen and oxygen atoms in total. The summed E-state index contributed by atoms with van der Waals surface area (Å²) in [6.45, 7) is 6.88. The summed E-state index contributed by atoms with van der Waals surface area (Å²) in [6.07, 6.45) is 0.776. The van der Waals surface area contributed by atoms with E-state index < -0.39 is 0 Å². The lowest BCUT2D eigenvalue weighted by Crippen LogP contribution is -2.33. The lowest BCUT2D eigenvalue weighted by molar-refractivity contribution is 0.0827. The van der Waals surface area contributed by atoms with Gasteiger partial charge in [-0.15, -0.1) is 0 Å². The molecule has 1 amide bonds. The van der Waals surface area contributed by atoms with Crippen LogP contribution in [0.4, 0.5) is 0 Å². The Morgan fingerprint density at radius 3 is 2.76 bits per heavy atom. The molecule has 0 unspecified atom stereocenters. The molecule has 0 fully saturated rings. The van der Waals surface area contributed by atoms with Crippen LogP contribution in [0, 0.1) is 0 Å². The first-order valence-corrected chi connectivity index (χ1v) is 6.89. The van der Waals surface area contributed by atoms with E-state index in [1.54, 1.807) is 19.0 Å². The second-order valence-electron chi connectivity index (χ2n) is 5.24. The standard InChI is InChI=1S/C16H24N4O/c1-12(2)11-19-16(17)18-9-8-13-6-5-7-14(10-13)15(21)20(3)4/h5-7,10H,1,8-9,11H2,2-4H3,(H3,17,18,19). The largest absolute Gasteiger partial charge is 0.370 e. The van der Waals surface area contributed by atoms with Gasteiger partial charge in [-0.2, -0.15) is 0 Å². The molecule has 0 aliphatic heterocycles. The van der Waals surface area contributed by atoms with E-state index in [0.717, 1.165) is 17.6 Å². The molecule has 0 aromatic heterocycles. The van der Waals surface area contributed by atoms with Gasteiger partial charge in [0.15, 0.2) is 5.96 Å². The Morgan fingerprint density at radius 1 is 1.43 bits per heavy atom. The van der Waals surface area contributed by atoms with Crippen molar-refractivity contribution >= 4 is 11.9 Å². The zero-order chi connectivity index (χ0) is 15.8. The van der Waals surface area contributed by atoms with E-state index in [0.29, 0.717) is 24.6 Å². The van der Waals surface area contributed by atoms with Gasteiger partial charge in [-0.3, -0.25) is 4.79 Å². The average molecular weight is 288 g/mol. The smallest absolute Gasteiger partial charge is 0.253 e. The molecule has 114 valence electrons. The zero-order valence-corrected chi connectivity index (χ0v) is 13.0. The van der Waals surface area contributed by atoms with Gasteiger partial charge in [-0.25, -0.2) is 4.99 Å². The summed E-state index contributed by atoms with van der Waals surface area (Å²) in [6, 6.07) is 7.62. The average Bonchev–Trinajstić information content (AvgIpc) is 2.44. The highest BCUT2D eigenvalue weighted by atomic mass is 16.2. The molecule has 0 heterocycles. The SMILES string of the molecule is C=C(C)CN=C(N)NCCc1cccc(C(=O)N(C)C)c1. The molecule has 1 aromatic rings. The molecule has 1 aromatic carbocycles. The number of hydrogen-bond donors (Lipinski definition) is 2. The Morgan fingerprint density at radius 2 is 2.14 bits per heavy atom. The lowest BCUT2D eigenvalue weighted by atomic mass is 10.1. The number of nitrogens with one attached hydrogen (secondary N) is 1. The van der Waals surface area contributed by atoms with Gasteiger partial charge in [0.2, 0.25) is 0 Å². The minimum Gasteiger partial charge on any atom is -0.370 e. The molecule has 0 atom stereocenters. The number of hydrogen-bond acceptors (Lipinski definition) is 2. The monoisotopic (exact) mass is 288 g/mol. The summed E-state index contributed by atoms with van der Waals surface area (Å²) in [4.78, 5) is 17.6. The maximum absolute atomic E-state index is 11.9. The Bertz CT molecular complexity index is 535. The van der Waals surface area contributed by atoms with Crippen LogP contribution in [0.1, 0.15) is 22.8 Å². The first kappa shape index (κ1) is 16.8. The summed E-state index contributed by atoms with van der Waals surface area (Å²) < 4.78 is 0. The molecule has 3 N–H and O–H groups in total. The fourth-order valence-electron chi connectivity index (χ4n) is 1.73. The van der Waals surface area contributed by atoms with E-state index in [2.05, 4.69) is 16.9 Å². The number of guanidine groups is 1. The van der Waals surface area contributed by atoms with Crippen LogP contribution in [0.2, 0.25) is 0 Å². The van der Waals surface area contributed by atoms with Gasteiger partial charge >= 0.3 is 0 Å².